The van der Waals surface area contributed by atoms with Gasteiger partial charge in [0.25, 0.3) is 0 Å². The minimum absolute atomic E-state index is 0.471. The van der Waals surface area contributed by atoms with Crippen LogP contribution in [-0.4, -0.2) is 9.19 Å². The largest absolute Gasteiger partial charge is 0.468 e. The van der Waals surface area contributed by atoms with Gasteiger partial charge < -0.3 is 4.42 Å². The van der Waals surface area contributed by atoms with E-state index in [4.69, 9.17) is 4.42 Å². The van der Waals surface area contributed by atoms with Gasteiger partial charge in [-0.25, -0.2) is 4.98 Å². The maximum absolute atomic E-state index is 11.9. The van der Waals surface area contributed by atoms with Crippen molar-refractivity contribution in [2.75, 3.05) is 0 Å². The summed E-state index contributed by atoms with van der Waals surface area (Å²) in [6.45, 7) is 3.76. The number of rotatable bonds is 3. The fourth-order valence-corrected chi connectivity index (χ4v) is 3.44. The smallest absolute Gasteiger partial charge is 0.116 e. The lowest BCUT2D eigenvalue weighted by molar-refractivity contribution is 0.526. The molecule has 80 valence electrons. The van der Waals surface area contributed by atoms with E-state index < -0.39 is 10.8 Å². The number of aromatic nitrogens is 1. The van der Waals surface area contributed by atoms with Crippen molar-refractivity contribution in [2.45, 2.75) is 24.5 Å². The summed E-state index contributed by atoms with van der Waals surface area (Å²) in [5.74, 6) is 1.19. The van der Waals surface area contributed by atoms with E-state index >= 15 is 0 Å². The molecule has 1 atom stereocenters. The molecule has 2 rings (SSSR count). The summed E-state index contributed by atoms with van der Waals surface area (Å²) in [4.78, 5) is 5.05. The lowest BCUT2D eigenvalue weighted by Crippen LogP contribution is -1.96. The number of furan rings is 1. The van der Waals surface area contributed by atoms with Gasteiger partial charge in [0.2, 0.25) is 0 Å². The van der Waals surface area contributed by atoms with E-state index in [1.165, 1.54) is 0 Å². The van der Waals surface area contributed by atoms with E-state index in [1.54, 1.807) is 23.7 Å². The fraction of sp³-hybridized carbons (Fsp3) is 0.300. The van der Waals surface area contributed by atoms with Crippen molar-refractivity contribution in [1.29, 1.82) is 0 Å². The molecule has 2 heterocycles. The molecule has 0 amide bonds. The van der Waals surface area contributed by atoms with E-state index in [0.717, 1.165) is 21.4 Å². The van der Waals surface area contributed by atoms with E-state index in [0.29, 0.717) is 5.75 Å². The van der Waals surface area contributed by atoms with Crippen molar-refractivity contribution >= 4 is 22.1 Å². The first-order valence-corrected chi connectivity index (χ1v) is 6.70. The van der Waals surface area contributed by atoms with Crippen molar-refractivity contribution in [1.82, 2.24) is 4.98 Å². The lowest BCUT2D eigenvalue weighted by atomic mass is 10.5. The Hall–Kier alpha value is -0.940. The monoisotopic (exact) mass is 241 g/mol. The Bertz CT molecular complexity index is 487. The minimum atomic E-state index is -1.05. The van der Waals surface area contributed by atoms with Gasteiger partial charge in [-0.3, -0.25) is 4.21 Å². The van der Waals surface area contributed by atoms with Crippen LogP contribution in [0.3, 0.4) is 0 Å². The third-order valence-electron chi connectivity index (χ3n) is 1.98. The van der Waals surface area contributed by atoms with Crippen LogP contribution in [0.5, 0.6) is 0 Å². The first-order valence-electron chi connectivity index (χ1n) is 4.50. The van der Waals surface area contributed by atoms with Gasteiger partial charge >= 0.3 is 0 Å². The zero-order valence-electron chi connectivity index (χ0n) is 8.52. The second-order valence-electron chi connectivity index (χ2n) is 3.21. The van der Waals surface area contributed by atoms with E-state index in [-0.39, 0.29) is 0 Å². The molecule has 0 aliphatic carbocycles. The Labute approximate surface area is 94.6 Å². The Kier molecular flexibility index (Phi) is 3.02. The molecule has 0 saturated carbocycles. The summed E-state index contributed by atoms with van der Waals surface area (Å²) in [7, 11) is -1.05. The van der Waals surface area contributed by atoms with Crippen molar-refractivity contribution in [3.05, 3.63) is 34.2 Å². The highest BCUT2D eigenvalue weighted by atomic mass is 32.2. The summed E-state index contributed by atoms with van der Waals surface area (Å²) in [6.07, 6.45) is 1.57. The molecule has 0 bridgehead atoms. The van der Waals surface area contributed by atoms with Crippen LogP contribution in [0.2, 0.25) is 0 Å². The molecular weight excluding hydrogens is 230 g/mol. The summed E-state index contributed by atoms with van der Waals surface area (Å²) in [6, 6.07) is 1.76. The molecular formula is C10H11NO2S2. The van der Waals surface area contributed by atoms with Crippen molar-refractivity contribution in [3.63, 3.8) is 0 Å². The van der Waals surface area contributed by atoms with Crippen LogP contribution in [-0.2, 0) is 16.6 Å². The SMILES string of the molecule is Cc1csc(C[S@](=O)c2ccoc2C)n1. The highest BCUT2D eigenvalue weighted by Gasteiger charge is 2.12. The summed E-state index contributed by atoms with van der Waals surface area (Å²) < 4.78 is 17.0. The molecule has 2 aromatic rings. The molecule has 0 N–H and O–H groups in total. The van der Waals surface area contributed by atoms with Gasteiger partial charge in [0.15, 0.2) is 0 Å². The Morgan fingerprint density at radius 1 is 1.53 bits per heavy atom. The van der Waals surface area contributed by atoms with E-state index in [2.05, 4.69) is 4.98 Å². The van der Waals surface area contributed by atoms with Crippen molar-refractivity contribution < 1.29 is 8.63 Å². The molecule has 0 aliphatic heterocycles. The van der Waals surface area contributed by atoms with Crippen LogP contribution in [0.1, 0.15) is 16.5 Å². The highest BCUT2D eigenvalue weighted by molar-refractivity contribution is 7.84. The van der Waals surface area contributed by atoms with E-state index in [9.17, 15) is 4.21 Å². The second kappa shape index (κ2) is 4.28. The fourth-order valence-electron chi connectivity index (χ4n) is 1.27. The van der Waals surface area contributed by atoms with Gasteiger partial charge in [0.1, 0.15) is 10.8 Å². The van der Waals surface area contributed by atoms with Crippen LogP contribution in [0.15, 0.2) is 27.0 Å². The van der Waals surface area contributed by atoms with Gasteiger partial charge in [-0.2, -0.15) is 0 Å². The molecule has 0 spiro atoms. The molecule has 0 aromatic carbocycles. The molecule has 0 saturated heterocycles. The number of nitrogens with zero attached hydrogens (tertiary/aromatic N) is 1. The van der Waals surface area contributed by atoms with Gasteiger partial charge in [0, 0.05) is 11.1 Å². The predicted octanol–water partition coefficient (Wildman–Crippen LogP) is 2.66. The van der Waals surface area contributed by atoms with E-state index in [1.807, 2.05) is 19.2 Å². The first kappa shape index (κ1) is 10.6. The zero-order chi connectivity index (χ0) is 10.8. The lowest BCUT2D eigenvalue weighted by Gasteiger charge is -1.96. The Morgan fingerprint density at radius 2 is 2.33 bits per heavy atom. The maximum Gasteiger partial charge on any atom is 0.116 e. The summed E-state index contributed by atoms with van der Waals surface area (Å²) >= 11 is 1.55. The van der Waals surface area contributed by atoms with Crippen LogP contribution in [0.4, 0.5) is 0 Å². The van der Waals surface area contributed by atoms with Crippen LogP contribution in [0, 0.1) is 13.8 Å². The second-order valence-corrected chi connectivity index (χ2v) is 5.58. The summed E-state index contributed by atoms with van der Waals surface area (Å²) in [5.41, 5.74) is 0.982. The molecule has 0 unspecified atom stereocenters. The normalized spacial score (nSPS) is 12.9. The number of hydrogen-bond donors (Lipinski definition) is 0. The topological polar surface area (TPSA) is 43.1 Å². The average Bonchev–Trinajstić information content (AvgIpc) is 2.75. The van der Waals surface area contributed by atoms with Crippen LogP contribution < -0.4 is 0 Å². The molecule has 5 heteroatoms. The molecule has 0 radical (unpaired) electrons. The standard InChI is InChI=1S/C10H11NO2S2/c1-7-5-14-10(11-7)6-15(12)9-3-4-13-8(9)2/h3-5H,6H2,1-2H3/t15-/m0/s1. The number of thiazole rings is 1. The predicted molar refractivity (Wildman–Crippen MR) is 60.4 cm³/mol. The number of aryl methyl sites for hydroxylation is 2. The van der Waals surface area contributed by atoms with Crippen molar-refractivity contribution in [2.24, 2.45) is 0 Å². The minimum Gasteiger partial charge on any atom is -0.468 e. The Balaban J connectivity index is 2.14. The number of hydrogen-bond acceptors (Lipinski definition) is 4. The molecule has 0 fully saturated rings. The molecule has 2 aromatic heterocycles. The maximum atomic E-state index is 11.9. The molecule has 15 heavy (non-hydrogen) atoms. The van der Waals surface area contributed by atoms with Gasteiger partial charge in [-0.1, -0.05) is 0 Å². The third kappa shape index (κ3) is 2.35. The quantitative estimate of drug-likeness (QED) is 0.829. The Morgan fingerprint density at radius 3 is 2.87 bits per heavy atom. The zero-order valence-corrected chi connectivity index (χ0v) is 10.2. The van der Waals surface area contributed by atoms with Gasteiger partial charge in [-0.15, -0.1) is 11.3 Å². The first-order chi connectivity index (χ1) is 7.16. The molecule has 3 nitrogen and oxygen atoms in total. The third-order valence-corrected chi connectivity index (χ3v) is 4.58. The van der Waals surface area contributed by atoms with Crippen LogP contribution >= 0.6 is 11.3 Å². The van der Waals surface area contributed by atoms with Crippen molar-refractivity contribution in [3.8, 4) is 0 Å². The van der Waals surface area contributed by atoms with Crippen LogP contribution in [0.25, 0.3) is 0 Å². The average molecular weight is 241 g/mol. The van der Waals surface area contributed by atoms with Gasteiger partial charge in [-0.05, 0) is 19.9 Å². The van der Waals surface area contributed by atoms with Gasteiger partial charge in [0.05, 0.1) is 27.7 Å². The molecule has 0 aliphatic rings. The highest BCUT2D eigenvalue weighted by Crippen LogP contribution is 2.19. The summed E-state index contributed by atoms with van der Waals surface area (Å²) in [5, 5.41) is 2.88.